The summed E-state index contributed by atoms with van der Waals surface area (Å²) in [6, 6.07) is 8.53. The number of aromatic amines is 1. The Balaban J connectivity index is 1.47. The van der Waals surface area contributed by atoms with E-state index in [0.29, 0.717) is 57.2 Å². The van der Waals surface area contributed by atoms with Crippen LogP contribution in [0.1, 0.15) is 67.0 Å². The zero-order valence-corrected chi connectivity index (χ0v) is 23.8. The molecule has 0 bridgehead atoms. The Morgan fingerprint density at radius 2 is 1.93 bits per heavy atom. The third-order valence-corrected chi connectivity index (χ3v) is 9.05. The second-order valence-corrected chi connectivity index (χ2v) is 11.7. The molecule has 2 N–H and O–H groups in total. The fourth-order valence-corrected chi connectivity index (χ4v) is 6.65. The van der Waals surface area contributed by atoms with Gasteiger partial charge in [-0.1, -0.05) is 18.9 Å². The number of H-pyrrole nitrogens is 1. The van der Waals surface area contributed by atoms with Crippen LogP contribution in [0.5, 0.6) is 0 Å². The van der Waals surface area contributed by atoms with E-state index >= 15 is 0 Å². The molecule has 0 spiro atoms. The lowest BCUT2D eigenvalue weighted by atomic mass is 9.77. The van der Waals surface area contributed by atoms with Crippen LogP contribution in [-0.2, 0) is 21.3 Å². The lowest BCUT2D eigenvalue weighted by molar-refractivity contribution is -0.125. The van der Waals surface area contributed by atoms with E-state index in [2.05, 4.69) is 21.4 Å². The summed E-state index contributed by atoms with van der Waals surface area (Å²) in [6.45, 7) is 2.08. The van der Waals surface area contributed by atoms with Crippen LogP contribution >= 0.6 is 0 Å². The highest BCUT2D eigenvalue weighted by molar-refractivity contribution is 6.10. The highest BCUT2D eigenvalue weighted by Gasteiger charge is 2.51. The van der Waals surface area contributed by atoms with Gasteiger partial charge in [0, 0.05) is 56.4 Å². The number of hydrogen-bond donors (Lipinski definition) is 2. The molecule has 0 radical (unpaired) electrons. The van der Waals surface area contributed by atoms with Gasteiger partial charge in [-0.05, 0) is 55.7 Å². The highest BCUT2D eigenvalue weighted by Crippen LogP contribution is 2.44. The molecule has 3 aromatic rings. The molecule has 2 aromatic heterocycles. The van der Waals surface area contributed by atoms with Gasteiger partial charge in [-0.2, -0.15) is 5.26 Å². The second kappa shape index (κ2) is 11.7. The quantitative estimate of drug-likeness (QED) is 0.443. The Kier molecular flexibility index (Phi) is 7.84. The van der Waals surface area contributed by atoms with Gasteiger partial charge in [-0.25, -0.2) is 4.98 Å². The summed E-state index contributed by atoms with van der Waals surface area (Å²) >= 11 is 0. The highest BCUT2D eigenvalue weighted by atomic mass is 16.5. The molecule has 11 heteroatoms. The number of hydrogen-bond acceptors (Lipinski definition) is 7. The molecule has 2 atom stereocenters. The van der Waals surface area contributed by atoms with Crippen LogP contribution in [0.3, 0.4) is 0 Å². The van der Waals surface area contributed by atoms with Crippen molar-refractivity contribution in [2.75, 3.05) is 31.3 Å². The van der Waals surface area contributed by atoms with Crippen LogP contribution in [0.2, 0.25) is 0 Å². The minimum Gasteiger partial charge on any atom is -0.381 e. The number of amides is 2. The van der Waals surface area contributed by atoms with Crippen molar-refractivity contribution in [1.29, 1.82) is 5.26 Å². The average Bonchev–Trinajstić information content (AvgIpc) is 3.78. The van der Waals surface area contributed by atoms with Gasteiger partial charge < -0.3 is 24.3 Å². The first-order valence-electron chi connectivity index (χ1n) is 14.8. The normalized spacial score (nSPS) is 21.2. The molecule has 1 saturated carbocycles. The van der Waals surface area contributed by atoms with Crippen LogP contribution in [0, 0.1) is 16.7 Å². The van der Waals surface area contributed by atoms with Crippen LogP contribution in [0.25, 0.3) is 10.9 Å². The molecule has 1 aliphatic carbocycles. The van der Waals surface area contributed by atoms with Gasteiger partial charge in [-0.15, -0.1) is 0 Å². The lowest BCUT2D eigenvalue weighted by Crippen LogP contribution is -2.59. The minimum atomic E-state index is -1.16. The van der Waals surface area contributed by atoms with Crippen molar-refractivity contribution in [3.8, 4) is 6.07 Å². The Morgan fingerprint density at radius 3 is 2.62 bits per heavy atom. The maximum Gasteiger partial charge on any atom is 0.266 e. The third-order valence-electron chi connectivity index (χ3n) is 9.05. The van der Waals surface area contributed by atoms with E-state index in [4.69, 9.17) is 9.47 Å². The Labute approximate surface area is 243 Å². The van der Waals surface area contributed by atoms with Crippen molar-refractivity contribution < 1.29 is 19.1 Å². The van der Waals surface area contributed by atoms with Crippen molar-refractivity contribution in [2.45, 2.75) is 62.9 Å². The number of fused-ring (bicyclic) bond motifs is 1. The van der Waals surface area contributed by atoms with Crippen molar-refractivity contribution in [2.24, 2.45) is 12.5 Å². The van der Waals surface area contributed by atoms with Gasteiger partial charge in [0.05, 0.1) is 24.1 Å². The molecule has 11 nitrogen and oxygen atoms in total. The molecule has 3 aliphatic rings. The predicted octanol–water partition coefficient (Wildman–Crippen LogP) is 3.16. The number of ether oxygens (including phenoxy) is 2. The molecule has 2 unspecified atom stereocenters. The summed E-state index contributed by atoms with van der Waals surface area (Å²) in [5, 5.41) is 14.6. The van der Waals surface area contributed by atoms with E-state index in [9.17, 15) is 19.6 Å². The van der Waals surface area contributed by atoms with E-state index in [1.165, 1.54) is 11.1 Å². The zero-order chi connectivity index (χ0) is 29.3. The first-order chi connectivity index (χ1) is 20.4. The van der Waals surface area contributed by atoms with Gasteiger partial charge in [0.1, 0.15) is 17.4 Å². The van der Waals surface area contributed by atoms with E-state index in [1.54, 1.807) is 6.07 Å². The molecule has 220 valence electrons. The van der Waals surface area contributed by atoms with Crippen molar-refractivity contribution in [1.82, 2.24) is 19.9 Å². The summed E-state index contributed by atoms with van der Waals surface area (Å²) in [6.07, 6.45) is 7.82. The maximum atomic E-state index is 14.5. The van der Waals surface area contributed by atoms with E-state index in [-0.39, 0.29) is 17.5 Å². The molecule has 42 heavy (non-hydrogen) atoms. The molecule has 6 rings (SSSR count). The number of rotatable bonds is 7. The summed E-state index contributed by atoms with van der Waals surface area (Å²) in [5.41, 5.74) is -0.572. The van der Waals surface area contributed by atoms with Crippen molar-refractivity contribution in [3.63, 3.8) is 0 Å². The first kappa shape index (κ1) is 28.1. The van der Waals surface area contributed by atoms with Gasteiger partial charge in [0.15, 0.2) is 0 Å². The largest absolute Gasteiger partial charge is 0.381 e. The number of anilines is 1. The second-order valence-electron chi connectivity index (χ2n) is 11.7. The van der Waals surface area contributed by atoms with Crippen molar-refractivity contribution >= 4 is 28.4 Å². The minimum absolute atomic E-state index is 0.0407. The van der Waals surface area contributed by atoms with Gasteiger partial charge in [0.2, 0.25) is 5.91 Å². The molecule has 2 amide bonds. The Hall–Kier alpha value is -4.01. The summed E-state index contributed by atoms with van der Waals surface area (Å²) in [7, 11) is 1.90. The summed E-state index contributed by atoms with van der Waals surface area (Å²) in [5.74, 6) is -0.520. The molecule has 2 aliphatic heterocycles. The maximum absolute atomic E-state index is 14.5. The third kappa shape index (κ3) is 5.21. The predicted molar refractivity (Wildman–Crippen MR) is 155 cm³/mol. The van der Waals surface area contributed by atoms with Gasteiger partial charge >= 0.3 is 0 Å². The number of nitrogens with zero attached hydrogens (tertiary/aromatic N) is 4. The van der Waals surface area contributed by atoms with E-state index in [0.717, 1.165) is 36.6 Å². The lowest BCUT2D eigenvalue weighted by Gasteiger charge is -2.39. The van der Waals surface area contributed by atoms with Gasteiger partial charge in [-0.3, -0.25) is 19.3 Å². The standard InChI is InChI=1S/C31H36N6O5/c1-36-12-6-20-4-5-23(16-25(20)36)37(30(40)24-17-33-27(35-28(24)38)21-7-13-41-14-8-21)26(31(19-32)10-2-3-11-31)29(39)34-22-9-15-42-18-22/h4-6,12,16-17,21-22,26H,2-3,7-11,13-15,18H2,1H3,(H,34,39)(H,33,35,38). The first-order valence-corrected chi connectivity index (χ1v) is 14.8. The fourth-order valence-electron chi connectivity index (χ4n) is 6.65. The molecular formula is C31H36N6O5. The summed E-state index contributed by atoms with van der Waals surface area (Å²) < 4.78 is 12.8. The SMILES string of the molecule is Cn1ccc2ccc(N(C(=O)c3cnc(C4CCOCC4)[nH]c3=O)C(C(=O)NC3CCOC3)C3(C#N)CCCC3)cc21. The molecule has 3 fully saturated rings. The fraction of sp³-hybridized carbons (Fsp3) is 0.516. The van der Waals surface area contributed by atoms with E-state index < -0.39 is 28.8 Å². The monoisotopic (exact) mass is 572 g/mol. The van der Waals surface area contributed by atoms with E-state index in [1.807, 2.05) is 36.0 Å². The summed E-state index contributed by atoms with van der Waals surface area (Å²) in [4.78, 5) is 50.9. The van der Waals surface area contributed by atoms with Crippen LogP contribution in [-0.4, -0.2) is 64.9 Å². The number of aromatic nitrogens is 3. The number of nitriles is 1. The number of carbonyl (C=O) groups is 2. The Bertz CT molecular complexity index is 1570. The molecular weight excluding hydrogens is 536 g/mol. The molecule has 1 aromatic carbocycles. The zero-order valence-electron chi connectivity index (χ0n) is 23.8. The average molecular weight is 573 g/mol. The van der Waals surface area contributed by atoms with Crippen LogP contribution in [0.15, 0.2) is 41.5 Å². The van der Waals surface area contributed by atoms with Crippen LogP contribution in [0.4, 0.5) is 5.69 Å². The number of nitrogens with one attached hydrogen (secondary N) is 2. The van der Waals surface area contributed by atoms with Crippen LogP contribution < -0.4 is 15.8 Å². The molecule has 2 saturated heterocycles. The topological polar surface area (TPSA) is 142 Å². The number of carbonyl (C=O) groups excluding carboxylic acids is 2. The smallest absolute Gasteiger partial charge is 0.266 e. The van der Waals surface area contributed by atoms with Gasteiger partial charge in [0.25, 0.3) is 11.5 Å². The number of benzene rings is 1. The molecule has 4 heterocycles. The van der Waals surface area contributed by atoms with Crippen molar-refractivity contribution in [3.05, 3.63) is 58.4 Å². The Morgan fingerprint density at radius 1 is 1.17 bits per heavy atom. The number of aryl methyl sites for hydroxylation is 1.